The molecular weight excluding hydrogens is 236 g/mol. The highest BCUT2D eigenvalue weighted by Crippen LogP contribution is 2.18. The lowest BCUT2D eigenvalue weighted by molar-refractivity contribution is 1.04. The van der Waals surface area contributed by atoms with Crippen LogP contribution in [0.1, 0.15) is 0 Å². The van der Waals surface area contributed by atoms with Crippen LogP contribution < -0.4 is 10.2 Å². The molecular formula is C12H13ClN4. The highest BCUT2D eigenvalue weighted by Gasteiger charge is 1.98. The monoisotopic (exact) mass is 248 g/mol. The second-order valence-electron chi connectivity index (χ2n) is 3.81. The topological polar surface area (TPSA) is 41.0 Å². The fraction of sp³-hybridized carbons (Fsp3) is 0.167. The summed E-state index contributed by atoms with van der Waals surface area (Å²) < 4.78 is 0. The molecule has 0 aliphatic heterocycles. The van der Waals surface area contributed by atoms with Crippen LogP contribution in [0.3, 0.4) is 0 Å². The highest BCUT2D eigenvalue weighted by molar-refractivity contribution is 6.29. The fourth-order valence-electron chi connectivity index (χ4n) is 1.37. The Morgan fingerprint density at radius 1 is 1.00 bits per heavy atom. The van der Waals surface area contributed by atoms with Crippen LogP contribution in [0.2, 0.25) is 5.15 Å². The van der Waals surface area contributed by atoms with Crippen LogP contribution in [0.4, 0.5) is 17.2 Å². The summed E-state index contributed by atoms with van der Waals surface area (Å²) in [6.45, 7) is 0. The first-order valence-electron chi connectivity index (χ1n) is 5.19. The Hall–Kier alpha value is -1.81. The lowest BCUT2D eigenvalue weighted by Gasteiger charge is -2.13. The van der Waals surface area contributed by atoms with Gasteiger partial charge in [-0.3, -0.25) is 0 Å². The van der Waals surface area contributed by atoms with Crippen LogP contribution in [-0.2, 0) is 0 Å². The van der Waals surface area contributed by atoms with Gasteiger partial charge in [0.15, 0.2) is 11.0 Å². The molecule has 0 aliphatic rings. The van der Waals surface area contributed by atoms with Crippen molar-refractivity contribution in [3.63, 3.8) is 0 Å². The summed E-state index contributed by atoms with van der Waals surface area (Å²) in [5, 5.41) is 11.2. The molecule has 4 nitrogen and oxygen atoms in total. The molecule has 0 spiro atoms. The van der Waals surface area contributed by atoms with Crippen LogP contribution >= 0.6 is 11.6 Å². The molecule has 0 saturated heterocycles. The molecule has 0 saturated carbocycles. The number of halogens is 1. The molecule has 5 heteroatoms. The van der Waals surface area contributed by atoms with E-state index in [4.69, 9.17) is 11.6 Å². The molecule has 17 heavy (non-hydrogen) atoms. The van der Waals surface area contributed by atoms with E-state index in [9.17, 15) is 0 Å². The zero-order valence-electron chi connectivity index (χ0n) is 9.68. The molecule has 2 aromatic rings. The van der Waals surface area contributed by atoms with Gasteiger partial charge in [-0.05, 0) is 36.4 Å². The first kappa shape index (κ1) is 11.7. The van der Waals surface area contributed by atoms with E-state index in [0.717, 1.165) is 11.4 Å². The molecule has 1 N–H and O–H groups in total. The number of anilines is 3. The van der Waals surface area contributed by atoms with Gasteiger partial charge in [0.05, 0.1) is 0 Å². The van der Waals surface area contributed by atoms with E-state index in [-0.39, 0.29) is 0 Å². The second-order valence-corrected chi connectivity index (χ2v) is 4.19. The highest BCUT2D eigenvalue weighted by atomic mass is 35.5. The molecule has 1 heterocycles. The van der Waals surface area contributed by atoms with Crippen molar-refractivity contribution in [1.29, 1.82) is 0 Å². The maximum absolute atomic E-state index is 5.66. The number of nitrogens with one attached hydrogen (secondary N) is 1. The molecule has 0 bridgehead atoms. The Morgan fingerprint density at radius 2 is 1.71 bits per heavy atom. The van der Waals surface area contributed by atoms with Crippen molar-refractivity contribution in [3.05, 3.63) is 41.6 Å². The molecule has 1 aromatic carbocycles. The van der Waals surface area contributed by atoms with Gasteiger partial charge in [-0.1, -0.05) is 11.6 Å². The number of benzene rings is 1. The van der Waals surface area contributed by atoms with Gasteiger partial charge >= 0.3 is 0 Å². The van der Waals surface area contributed by atoms with Gasteiger partial charge in [0.1, 0.15) is 0 Å². The lowest BCUT2D eigenvalue weighted by atomic mass is 10.2. The Bertz CT molecular complexity index is 479. The molecule has 0 unspecified atom stereocenters. The van der Waals surface area contributed by atoms with Crippen molar-refractivity contribution in [2.45, 2.75) is 0 Å². The SMILES string of the molecule is CN(C)c1ccc(Nc2ccc(Cl)nn2)cc1. The second kappa shape index (κ2) is 5.01. The average molecular weight is 249 g/mol. The van der Waals surface area contributed by atoms with Crippen LogP contribution in [0.25, 0.3) is 0 Å². The number of hydrogen-bond donors (Lipinski definition) is 1. The van der Waals surface area contributed by atoms with Crippen molar-refractivity contribution < 1.29 is 0 Å². The van der Waals surface area contributed by atoms with E-state index < -0.39 is 0 Å². The fourth-order valence-corrected chi connectivity index (χ4v) is 1.47. The van der Waals surface area contributed by atoms with Gasteiger partial charge in [-0.15, -0.1) is 10.2 Å². The van der Waals surface area contributed by atoms with Crippen molar-refractivity contribution in [1.82, 2.24) is 10.2 Å². The molecule has 0 amide bonds. The average Bonchev–Trinajstić information content (AvgIpc) is 2.33. The van der Waals surface area contributed by atoms with Gasteiger partial charge in [-0.25, -0.2) is 0 Å². The summed E-state index contributed by atoms with van der Waals surface area (Å²) >= 11 is 5.66. The van der Waals surface area contributed by atoms with Gasteiger partial charge in [-0.2, -0.15) is 0 Å². The molecule has 2 rings (SSSR count). The van der Waals surface area contributed by atoms with E-state index in [1.54, 1.807) is 12.1 Å². The maximum Gasteiger partial charge on any atom is 0.153 e. The van der Waals surface area contributed by atoms with Crippen molar-refractivity contribution >= 4 is 28.8 Å². The van der Waals surface area contributed by atoms with Gasteiger partial charge in [0.2, 0.25) is 0 Å². The summed E-state index contributed by atoms with van der Waals surface area (Å²) in [5.74, 6) is 0.673. The predicted molar refractivity (Wildman–Crippen MR) is 71.1 cm³/mol. The van der Waals surface area contributed by atoms with Crippen LogP contribution in [-0.4, -0.2) is 24.3 Å². The van der Waals surface area contributed by atoms with Crippen molar-refractivity contribution in [3.8, 4) is 0 Å². The van der Waals surface area contributed by atoms with E-state index in [1.165, 1.54) is 0 Å². The standard InChI is InChI=1S/C12H13ClN4/c1-17(2)10-5-3-9(4-6-10)14-12-8-7-11(13)15-16-12/h3-8H,1-2H3,(H,14,16). The van der Waals surface area contributed by atoms with Crippen molar-refractivity contribution in [2.75, 3.05) is 24.3 Å². The quantitative estimate of drug-likeness (QED) is 0.907. The van der Waals surface area contributed by atoms with Crippen LogP contribution in [0.5, 0.6) is 0 Å². The predicted octanol–water partition coefficient (Wildman–Crippen LogP) is 2.94. The van der Waals surface area contributed by atoms with E-state index >= 15 is 0 Å². The van der Waals surface area contributed by atoms with Crippen LogP contribution in [0.15, 0.2) is 36.4 Å². The van der Waals surface area contributed by atoms with E-state index in [0.29, 0.717) is 11.0 Å². The Labute approximate surface area is 105 Å². The molecule has 0 aliphatic carbocycles. The maximum atomic E-state index is 5.66. The largest absolute Gasteiger partial charge is 0.378 e. The Kier molecular flexibility index (Phi) is 3.44. The zero-order chi connectivity index (χ0) is 12.3. The molecule has 0 fully saturated rings. The van der Waals surface area contributed by atoms with Gasteiger partial charge in [0.25, 0.3) is 0 Å². The van der Waals surface area contributed by atoms with E-state index in [2.05, 4.69) is 15.5 Å². The third kappa shape index (κ3) is 3.07. The lowest BCUT2D eigenvalue weighted by Crippen LogP contribution is -2.08. The summed E-state index contributed by atoms with van der Waals surface area (Å²) in [7, 11) is 4.01. The minimum absolute atomic E-state index is 0.388. The minimum Gasteiger partial charge on any atom is -0.378 e. The molecule has 0 atom stereocenters. The smallest absolute Gasteiger partial charge is 0.153 e. The first-order valence-corrected chi connectivity index (χ1v) is 5.56. The van der Waals surface area contributed by atoms with E-state index in [1.807, 2.05) is 43.3 Å². The van der Waals surface area contributed by atoms with Crippen LogP contribution in [0, 0.1) is 0 Å². The number of aromatic nitrogens is 2. The molecule has 1 aromatic heterocycles. The van der Waals surface area contributed by atoms with Crippen molar-refractivity contribution in [2.24, 2.45) is 0 Å². The number of nitrogens with zero attached hydrogens (tertiary/aromatic N) is 3. The van der Waals surface area contributed by atoms with Gasteiger partial charge in [0, 0.05) is 25.5 Å². The summed E-state index contributed by atoms with van der Waals surface area (Å²) in [5.41, 5.74) is 2.12. The molecule has 88 valence electrons. The minimum atomic E-state index is 0.388. The van der Waals surface area contributed by atoms with Gasteiger partial charge < -0.3 is 10.2 Å². The summed E-state index contributed by atoms with van der Waals surface area (Å²) in [6, 6.07) is 11.5. The normalized spacial score (nSPS) is 10.1. The zero-order valence-corrected chi connectivity index (χ0v) is 10.4. The number of hydrogen-bond acceptors (Lipinski definition) is 4. The third-order valence-electron chi connectivity index (χ3n) is 2.29. The Balaban J connectivity index is 2.11. The number of rotatable bonds is 3. The third-order valence-corrected chi connectivity index (χ3v) is 2.49. The molecule has 0 radical (unpaired) electrons. The summed E-state index contributed by atoms with van der Waals surface area (Å²) in [6.07, 6.45) is 0. The summed E-state index contributed by atoms with van der Waals surface area (Å²) in [4.78, 5) is 2.05. The first-order chi connectivity index (χ1) is 8.15. The Morgan fingerprint density at radius 3 is 2.24 bits per heavy atom.